The molecule has 0 unspecified atom stereocenters. The van der Waals surface area contributed by atoms with Crippen molar-refractivity contribution in [3.63, 3.8) is 0 Å². The number of rotatable bonds is 4. The summed E-state index contributed by atoms with van der Waals surface area (Å²) < 4.78 is 33.8. The number of benzene rings is 1. The van der Waals surface area contributed by atoms with Crippen LogP contribution >= 0.6 is 10.7 Å². The maximum Gasteiger partial charge on any atom is 0.261 e. The van der Waals surface area contributed by atoms with Crippen LogP contribution < -0.4 is 14.8 Å². The molecule has 6 nitrogen and oxygen atoms in total. The maximum absolute atomic E-state index is 12.2. The third-order valence-corrected chi connectivity index (χ3v) is 4.15. The third kappa shape index (κ3) is 3.79. The smallest absolute Gasteiger partial charge is 0.261 e. The van der Waals surface area contributed by atoms with E-state index < -0.39 is 15.0 Å². The summed E-state index contributed by atoms with van der Waals surface area (Å²) in [6, 6.07) is 2.46. The minimum absolute atomic E-state index is 0.104. The molecule has 2 rings (SSSR count). The van der Waals surface area contributed by atoms with Crippen LogP contribution in [0.1, 0.15) is 24.2 Å². The van der Waals surface area contributed by atoms with Gasteiger partial charge in [0.25, 0.3) is 15.0 Å². The van der Waals surface area contributed by atoms with Gasteiger partial charge in [-0.3, -0.25) is 4.79 Å². The van der Waals surface area contributed by atoms with Crippen molar-refractivity contribution >= 4 is 25.6 Å². The van der Waals surface area contributed by atoms with E-state index in [1.165, 1.54) is 12.1 Å². The first-order valence-electron chi connectivity index (χ1n) is 6.45. The molecule has 21 heavy (non-hydrogen) atoms. The van der Waals surface area contributed by atoms with Crippen LogP contribution in [0, 0.1) is 5.92 Å². The quantitative estimate of drug-likeness (QED) is 0.849. The molecule has 8 heteroatoms. The van der Waals surface area contributed by atoms with Crippen molar-refractivity contribution in [1.82, 2.24) is 5.32 Å². The van der Waals surface area contributed by atoms with E-state index in [2.05, 4.69) is 5.32 Å². The molecule has 0 bridgehead atoms. The van der Waals surface area contributed by atoms with Gasteiger partial charge in [0, 0.05) is 23.3 Å². The van der Waals surface area contributed by atoms with E-state index >= 15 is 0 Å². The van der Waals surface area contributed by atoms with Crippen LogP contribution in [0.4, 0.5) is 0 Å². The van der Waals surface area contributed by atoms with Crippen LogP contribution in [0.3, 0.4) is 0 Å². The van der Waals surface area contributed by atoms with Gasteiger partial charge in [-0.15, -0.1) is 0 Å². The second-order valence-corrected chi connectivity index (χ2v) is 7.60. The number of fused-ring (bicyclic) bond motifs is 1. The van der Waals surface area contributed by atoms with Crippen LogP contribution in [0.15, 0.2) is 17.0 Å². The maximum atomic E-state index is 12.2. The highest BCUT2D eigenvalue weighted by atomic mass is 35.7. The summed E-state index contributed by atoms with van der Waals surface area (Å²) in [4.78, 5) is 12.0. The van der Waals surface area contributed by atoms with Gasteiger partial charge < -0.3 is 14.8 Å². The van der Waals surface area contributed by atoms with Gasteiger partial charge in [0.05, 0.1) is 10.5 Å². The van der Waals surface area contributed by atoms with Crippen molar-refractivity contribution in [1.29, 1.82) is 0 Å². The van der Waals surface area contributed by atoms with Crippen LogP contribution in [-0.2, 0) is 9.05 Å². The number of halogens is 1. The average molecular weight is 334 g/mol. The molecule has 1 heterocycles. The Morgan fingerprint density at radius 3 is 2.62 bits per heavy atom. The number of carbonyl (C=O) groups excluding carboxylic acids is 1. The summed E-state index contributed by atoms with van der Waals surface area (Å²) in [5.41, 5.74) is 0.104. The van der Waals surface area contributed by atoms with E-state index in [4.69, 9.17) is 20.2 Å². The van der Waals surface area contributed by atoms with Crippen molar-refractivity contribution in [2.75, 3.05) is 19.8 Å². The van der Waals surface area contributed by atoms with Crippen LogP contribution in [0.5, 0.6) is 11.5 Å². The zero-order valence-corrected chi connectivity index (χ0v) is 13.3. The molecule has 1 aromatic carbocycles. The lowest BCUT2D eigenvalue weighted by Crippen LogP contribution is -2.29. The second kappa shape index (κ2) is 6.11. The summed E-state index contributed by atoms with van der Waals surface area (Å²) in [6.45, 7) is 4.95. The molecule has 0 aromatic heterocycles. The summed E-state index contributed by atoms with van der Waals surface area (Å²) in [5.74, 6) is 0.291. The van der Waals surface area contributed by atoms with Gasteiger partial charge in [0.15, 0.2) is 11.5 Å². The summed E-state index contributed by atoms with van der Waals surface area (Å²) in [6.07, 6.45) is 0. The molecule has 0 atom stereocenters. The highest BCUT2D eigenvalue weighted by molar-refractivity contribution is 8.13. The van der Waals surface area contributed by atoms with Gasteiger partial charge in [0.1, 0.15) is 13.2 Å². The van der Waals surface area contributed by atoms with E-state index in [1.54, 1.807) is 0 Å². The molecule has 0 saturated heterocycles. The molecule has 116 valence electrons. The van der Waals surface area contributed by atoms with Gasteiger partial charge in [-0.25, -0.2) is 8.42 Å². The fraction of sp³-hybridized carbons (Fsp3) is 0.462. The fourth-order valence-electron chi connectivity index (χ4n) is 1.83. The Hall–Kier alpha value is -1.47. The van der Waals surface area contributed by atoms with Gasteiger partial charge in [0.2, 0.25) is 0 Å². The molecule has 1 N–H and O–H groups in total. The number of ether oxygens (including phenoxy) is 2. The van der Waals surface area contributed by atoms with Crippen molar-refractivity contribution in [2.45, 2.75) is 18.7 Å². The normalized spacial score (nSPS) is 14.1. The predicted octanol–water partition coefficient (Wildman–Crippen LogP) is 1.77. The Morgan fingerprint density at radius 1 is 1.33 bits per heavy atom. The van der Waals surface area contributed by atoms with Gasteiger partial charge >= 0.3 is 0 Å². The Bertz CT molecular complexity index is 657. The first-order chi connectivity index (χ1) is 9.79. The van der Waals surface area contributed by atoms with Gasteiger partial charge in [-0.2, -0.15) is 0 Å². The molecule has 1 amide bonds. The summed E-state index contributed by atoms with van der Waals surface area (Å²) in [7, 11) is 1.38. The van der Waals surface area contributed by atoms with Crippen LogP contribution in [0.25, 0.3) is 0 Å². The van der Waals surface area contributed by atoms with E-state index in [1.807, 2.05) is 13.8 Å². The molecule has 1 aliphatic heterocycles. The molecular weight excluding hydrogens is 318 g/mol. The van der Waals surface area contributed by atoms with E-state index in [0.717, 1.165) is 0 Å². The highest BCUT2D eigenvalue weighted by Gasteiger charge is 2.25. The molecule has 0 aliphatic carbocycles. The average Bonchev–Trinajstić information content (AvgIpc) is 2.42. The molecule has 0 saturated carbocycles. The Morgan fingerprint density at radius 2 is 2.00 bits per heavy atom. The zero-order valence-electron chi connectivity index (χ0n) is 11.7. The fourth-order valence-corrected chi connectivity index (χ4v) is 2.60. The molecule has 0 fully saturated rings. The third-order valence-electron chi connectivity index (χ3n) is 2.81. The second-order valence-electron chi connectivity index (χ2n) is 5.04. The highest BCUT2D eigenvalue weighted by Crippen LogP contribution is 2.37. The first kappa shape index (κ1) is 15.9. The van der Waals surface area contributed by atoms with Crippen LogP contribution in [0.2, 0.25) is 0 Å². The van der Waals surface area contributed by atoms with Crippen molar-refractivity contribution < 1.29 is 22.7 Å². The monoisotopic (exact) mass is 333 g/mol. The standard InChI is InChI=1S/C13H16ClNO5S/c1-8(2)7-15-13(16)10-5-9(21(14,17)18)6-11-12(10)20-4-3-19-11/h5-6,8H,3-4,7H2,1-2H3,(H,15,16). The molecule has 0 radical (unpaired) electrons. The number of nitrogens with one attached hydrogen (secondary N) is 1. The number of carbonyl (C=O) groups is 1. The van der Waals surface area contributed by atoms with E-state index in [-0.39, 0.29) is 34.5 Å². The number of hydrogen-bond donors (Lipinski definition) is 1. The minimum atomic E-state index is -3.97. The largest absolute Gasteiger partial charge is 0.486 e. The van der Waals surface area contributed by atoms with Crippen molar-refractivity contribution in [2.24, 2.45) is 5.92 Å². The van der Waals surface area contributed by atoms with Crippen molar-refractivity contribution in [3.05, 3.63) is 17.7 Å². The van der Waals surface area contributed by atoms with Crippen molar-refractivity contribution in [3.8, 4) is 11.5 Å². The number of amides is 1. The molecule has 1 aromatic rings. The summed E-state index contributed by atoms with van der Waals surface area (Å²) >= 11 is 0. The lowest BCUT2D eigenvalue weighted by molar-refractivity contribution is 0.0937. The Kier molecular flexibility index (Phi) is 4.63. The van der Waals surface area contributed by atoms with E-state index in [9.17, 15) is 13.2 Å². The minimum Gasteiger partial charge on any atom is -0.486 e. The van der Waals surface area contributed by atoms with E-state index in [0.29, 0.717) is 13.2 Å². The topological polar surface area (TPSA) is 81.7 Å². The lowest BCUT2D eigenvalue weighted by atomic mass is 10.1. The van der Waals surface area contributed by atoms with Gasteiger partial charge in [-0.1, -0.05) is 13.8 Å². The SMILES string of the molecule is CC(C)CNC(=O)c1cc(S(=O)(=O)Cl)cc2c1OCCO2. The predicted molar refractivity (Wildman–Crippen MR) is 77.6 cm³/mol. The van der Waals surface area contributed by atoms with Crippen LogP contribution in [-0.4, -0.2) is 34.1 Å². The number of hydrogen-bond acceptors (Lipinski definition) is 5. The summed E-state index contributed by atoms with van der Waals surface area (Å²) in [5, 5.41) is 2.71. The lowest BCUT2D eigenvalue weighted by Gasteiger charge is -2.21. The Labute approximate surface area is 127 Å². The molecule has 0 spiro atoms. The first-order valence-corrected chi connectivity index (χ1v) is 8.76. The molecular formula is C13H16ClNO5S. The van der Waals surface area contributed by atoms with Gasteiger partial charge in [-0.05, 0) is 12.0 Å². The molecule has 1 aliphatic rings. The zero-order chi connectivity index (χ0) is 15.6. The Balaban J connectivity index is 2.45.